The molecule has 2 rings (SSSR count). The van der Waals surface area contributed by atoms with E-state index in [1.165, 1.54) is 0 Å². The maximum Gasteiger partial charge on any atom is 0.184 e. The Hall–Kier alpha value is -1.33. The fourth-order valence-electron chi connectivity index (χ4n) is 1.60. The molecule has 0 aliphatic rings. The van der Waals surface area contributed by atoms with Gasteiger partial charge in [-0.3, -0.25) is 0 Å². The van der Waals surface area contributed by atoms with Gasteiger partial charge in [-0.05, 0) is 25.1 Å². The standard InChI is InChI=1S/C12H16N2O2S/c1-8(7-15-2)13-12-14-10-5-4-9(16-3)6-11(10)17-12/h4-6,8H,7H2,1-3H3,(H,13,14). The van der Waals surface area contributed by atoms with Gasteiger partial charge in [-0.1, -0.05) is 11.3 Å². The molecule has 17 heavy (non-hydrogen) atoms. The van der Waals surface area contributed by atoms with E-state index >= 15 is 0 Å². The van der Waals surface area contributed by atoms with E-state index in [1.54, 1.807) is 25.6 Å². The molecule has 0 aliphatic carbocycles. The molecular formula is C12H16N2O2S. The number of nitrogens with zero attached hydrogens (tertiary/aromatic N) is 1. The molecule has 1 heterocycles. The molecule has 1 aromatic carbocycles. The lowest BCUT2D eigenvalue weighted by Gasteiger charge is -2.10. The molecule has 1 unspecified atom stereocenters. The predicted molar refractivity (Wildman–Crippen MR) is 71.1 cm³/mol. The first kappa shape index (κ1) is 12.1. The van der Waals surface area contributed by atoms with Crippen LogP contribution in [-0.2, 0) is 4.74 Å². The normalized spacial score (nSPS) is 12.6. The van der Waals surface area contributed by atoms with Gasteiger partial charge in [-0.15, -0.1) is 0 Å². The van der Waals surface area contributed by atoms with Gasteiger partial charge in [-0.25, -0.2) is 4.98 Å². The van der Waals surface area contributed by atoms with Crippen molar-refractivity contribution in [3.05, 3.63) is 18.2 Å². The lowest BCUT2D eigenvalue weighted by atomic mass is 10.3. The number of anilines is 1. The fourth-order valence-corrected chi connectivity index (χ4v) is 2.60. The summed E-state index contributed by atoms with van der Waals surface area (Å²) in [6.07, 6.45) is 0. The van der Waals surface area contributed by atoms with Gasteiger partial charge in [0.05, 0.1) is 23.9 Å². The van der Waals surface area contributed by atoms with E-state index < -0.39 is 0 Å². The number of methoxy groups -OCH3 is 2. The fraction of sp³-hybridized carbons (Fsp3) is 0.417. The lowest BCUT2D eigenvalue weighted by molar-refractivity contribution is 0.190. The number of aromatic nitrogens is 1. The molecule has 0 aliphatic heterocycles. The average molecular weight is 252 g/mol. The van der Waals surface area contributed by atoms with Crippen LogP contribution in [0.1, 0.15) is 6.92 Å². The van der Waals surface area contributed by atoms with Crippen LogP contribution in [0.25, 0.3) is 10.2 Å². The summed E-state index contributed by atoms with van der Waals surface area (Å²) in [5.74, 6) is 0.859. The van der Waals surface area contributed by atoms with Gasteiger partial charge in [-0.2, -0.15) is 0 Å². The Morgan fingerprint density at radius 1 is 1.41 bits per heavy atom. The first-order valence-corrected chi connectivity index (χ1v) is 6.24. The van der Waals surface area contributed by atoms with Gasteiger partial charge in [0.25, 0.3) is 0 Å². The van der Waals surface area contributed by atoms with E-state index in [1.807, 2.05) is 18.2 Å². The van der Waals surface area contributed by atoms with Crippen molar-refractivity contribution in [1.29, 1.82) is 0 Å². The van der Waals surface area contributed by atoms with Crippen molar-refractivity contribution in [1.82, 2.24) is 4.98 Å². The SMILES string of the molecule is COCC(C)Nc1nc2ccc(OC)cc2s1. The zero-order chi connectivity index (χ0) is 12.3. The molecule has 0 saturated carbocycles. The molecule has 1 atom stereocenters. The van der Waals surface area contributed by atoms with E-state index in [9.17, 15) is 0 Å². The monoisotopic (exact) mass is 252 g/mol. The van der Waals surface area contributed by atoms with Crippen LogP contribution in [0.2, 0.25) is 0 Å². The quantitative estimate of drug-likeness (QED) is 0.888. The zero-order valence-electron chi connectivity index (χ0n) is 10.2. The summed E-state index contributed by atoms with van der Waals surface area (Å²) < 4.78 is 11.4. The van der Waals surface area contributed by atoms with E-state index in [2.05, 4.69) is 17.2 Å². The number of hydrogen-bond donors (Lipinski definition) is 1. The average Bonchev–Trinajstić information content (AvgIpc) is 2.69. The van der Waals surface area contributed by atoms with Crippen LogP contribution in [-0.4, -0.2) is 31.9 Å². The van der Waals surface area contributed by atoms with Gasteiger partial charge in [0.2, 0.25) is 0 Å². The molecule has 1 N–H and O–H groups in total. The van der Waals surface area contributed by atoms with Crippen molar-refractivity contribution in [3.8, 4) is 5.75 Å². The third-order valence-corrected chi connectivity index (χ3v) is 3.33. The highest BCUT2D eigenvalue weighted by atomic mass is 32.1. The molecule has 92 valence electrons. The molecule has 0 bridgehead atoms. The highest BCUT2D eigenvalue weighted by Gasteiger charge is 2.07. The van der Waals surface area contributed by atoms with Crippen LogP contribution < -0.4 is 10.1 Å². The van der Waals surface area contributed by atoms with Crippen molar-refractivity contribution in [2.24, 2.45) is 0 Å². The first-order chi connectivity index (χ1) is 8.22. The summed E-state index contributed by atoms with van der Waals surface area (Å²) in [6, 6.07) is 6.14. The van der Waals surface area contributed by atoms with Gasteiger partial charge in [0.1, 0.15) is 5.75 Å². The molecule has 0 saturated heterocycles. The molecule has 0 amide bonds. The summed E-state index contributed by atoms with van der Waals surface area (Å²) in [5.41, 5.74) is 0.989. The number of rotatable bonds is 5. The first-order valence-electron chi connectivity index (χ1n) is 5.43. The Balaban J connectivity index is 2.19. The molecule has 5 heteroatoms. The maximum absolute atomic E-state index is 5.19. The maximum atomic E-state index is 5.19. The Morgan fingerprint density at radius 3 is 2.94 bits per heavy atom. The van der Waals surface area contributed by atoms with Crippen LogP contribution in [0.4, 0.5) is 5.13 Å². The molecule has 4 nitrogen and oxygen atoms in total. The van der Waals surface area contributed by atoms with Crippen LogP contribution >= 0.6 is 11.3 Å². The number of nitrogens with one attached hydrogen (secondary N) is 1. The minimum Gasteiger partial charge on any atom is -0.497 e. The van der Waals surface area contributed by atoms with Gasteiger partial charge in [0.15, 0.2) is 5.13 Å². The third kappa shape index (κ3) is 2.87. The molecule has 0 spiro atoms. The number of thiazole rings is 1. The largest absolute Gasteiger partial charge is 0.497 e. The number of benzene rings is 1. The molecule has 0 fully saturated rings. The lowest BCUT2D eigenvalue weighted by Crippen LogP contribution is -2.20. The highest BCUT2D eigenvalue weighted by molar-refractivity contribution is 7.22. The summed E-state index contributed by atoms with van der Waals surface area (Å²) in [4.78, 5) is 4.51. The van der Waals surface area contributed by atoms with E-state index in [-0.39, 0.29) is 6.04 Å². The smallest absolute Gasteiger partial charge is 0.184 e. The Morgan fingerprint density at radius 2 is 2.24 bits per heavy atom. The zero-order valence-corrected chi connectivity index (χ0v) is 11.0. The second-order valence-corrected chi connectivity index (χ2v) is 4.88. The minimum absolute atomic E-state index is 0.252. The van der Waals surface area contributed by atoms with Crippen molar-refractivity contribution in [2.45, 2.75) is 13.0 Å². The second kappa shape index (κ2) is 5.33. The summed E-state index contributed by atoms with van der Waals surface area (Å²) in [7, 11) is 3.36. The topological polar surface area (TPSA) is 43.4 Å². The van der Waals surface area contributed by atoms with E-state index in [0.717, 1.165) is 21.1 Å². The Kier molecular flexibility index (Phi) is 3.81. The summed E-state index contributed by atoms with van der Waals surface area (Å²) >= 11 is 1.62. The Labute approximate surface area is 105 Å². The highest BCUT2D eigenvalue weighted by Crippen LogP contribution is 2.29. The molecule has 2 aromatic rings. The number of fused-ring (bicyclic) bond motifs is 1. The third-order valence-electron chi connectivity index (χ3n) is 2.38. The van der Waals surface area contributed by atoms with E-state index in [0.29, 0.717) is 6.61 Å². The van der Waals surface area contributed by atoms with Crippen molar-refractivity contribution >= 4 is 26.7 Å². The van der Waals surface area contributed by atoms with Gasteiger partial charge < -0.3 is 14.8 Å². The molecule has 0 radical (unpaired) electrons. The number of hydrogen-bond acceptors (Lipinski definition) is 5. The molecular weight excluding hydrogens is 236 g/mol. The van der Waals surface area contributed by atoms with Gasteiger partial charge >= 0.3 is 0 Å². The van der Waals surface area contributed by atoms with E-state index in [4.69, 9.17) is 9.47 Å². The van der Waals surface area contributed by atoms with Crippen molar-refractivity contribution in [2.75, 3.05) is 26.1 Å². The van der Waals surface area contributed by atoms with Gasteiger partial charge in [0, 0.05) is 13.2 Å². The van der Waals surface area contributed by atoms with Crippen LogP contribution in [0.3, 0.4) is 0 Å². The summed E-state index contributed by atoms with van der Waals surface area (Å²) in [5, 5.41) is 4.23. The van der Waals surface area contributed by atoms with Crippen LogP contribution in [0.15, 0.2) is 18.2 Å². The second-order valence-electron chi connectivity index (χ2n) is 3.85. The number of ether oxygens (including phenoxy) is 2. The van der Waals surface area contributed by atoms with Crippen LogP contribution in [0.5, 0.6) is 5.75 Å². The molecule has 1 aromatic heterocycles. The Bertz CT molecular complexity index is 498. The summed E-state index contributed by atoms with van der Waals surface area (Å²) in [6.45, 7) is 2.73. The van der Waals surface area contributed by atoms with Crippen molar-refractivity contribution in [3.63, 3.8) is 0 Å². The van der Waals surface area contributed by atoms with Crippen molar-refractivity contribution < 1.29 is 9.47 Å². The predicted octanol–water partition coefficient (Wildman–Crippen LogP) is 2.75. The minimum atomic E-state index is 0.252. The van der Waals surface area contributed by atoms with Crippen LogP contribution in [0, 0.1) is 0 Å².